The molecule has 0 unspecified atom stereocenters. The van der Waals surface area contributed by atoms with Crippen LogP contribution in [0.3, 0.4) is 0 Å². The summed E-state index contributed by atoms with van der Waals surface area (Å²) in [7, 11) is 0. The minimum absolute atomic E-state index is 0.509. The molecule has 0 N–H and O–H groups in total. The van der Waals surface area contributed by atoms with Gasteiger partial charge in [-0.15, -0.1) is 0 Å². The van der Waals surface area contributed by atoms with Crippen LogP contribution in [-0.2, 0) is 0 Å². The molecule has 0 aliphatic carbocycles. The number of aromatic nitrogens is 1. The van der Waals surface area contributed by atoms with Gasteiger partial charge < -0.3 is 4.90 Å². The highest BCUT2D eigenvalue weighted by atomic mass is 35.5. The first-order valence-corrected chi connectivity index (χ1v) is 12.3. The van der Waals surface area contributed by atoms with Crippen LogP contribution in [0.15, 0.2) is 76.5 Å². The molecule has 2 heterocycles. The standard InChI is InChI=1S/C29H29ClN4O/c1-4-6-15-34(5-2)24-13-11-21(20(3)16-24)17-27-28(25-18-23(30)12-10-22(25)19-35)33-29(32-27)26-9-7-8-14-31-26/h7-14,16-19H,4-6,15H2,1-3H3/b27-17-. The van der Waals surface area contributed by atoms with E-state index in [-0.39, 0.29) is 0 Å². The fourth-order valence-electron chi connectivity index (χ4n) is 4.08. The van der Waals surface area contributed by atoms with E-state index in [1.807, 2.05) is 24.3 Å². The average Bonchev–Trinajstić information content (AvgIpc) is 3.30. The molecule has 5 nitrogen and oxygen atoms in total. The van der Waals surface area contributed by atoms with Crippen molar-refractivity contribution in [3.05, 3.63) is 99.5 Å². The van der Waals surface area contributed by atoms with Crippen LogP contribution in [0.4, 0.5) is 5.69 Å². The minimum Gasteiger partial charge on any atom is -0.372 e. The quantitative estimate of drug-likeness (QED) is 0.315. The van der Waals surface area contributed by atoms with Crippen molar-refractivity contribution >= 4 is 41.2 Å². The van der Waals surface area contributed by atoms with Crippen LogP contribution >= 0.6 is 11.6 Å². The maximum absolute atomic E-state index is 11.8. The highest BCUT2D eigenvalue weighted by Gasteiger charge is 2.23. The third-order valence-electron chi connectivity index (χ3n) is 6.05. The largest absolute Gasteiger partial charge is 0.372 e. The zero-order valence-electron chi connectivity index (χ0n) is 20.3. The van der Waals surface area contributed by atoms with E-state index >= 15 is 0 Å². The zero-order valence-corrected chi connectivity index (χ0v) is 21.1. The van der Waals surface area contributed by atoms with E-state index in [0.29, 0.717) is 39.1 Å². The molecule has 0 amide bonds. The molecule has 35 heavy (non-hydrogen) atoms. The summed E-state index contributed by atoms with van der Waals surface area (Å²) in [5.41, 5.74) is 6.53. The SMILES string of the molecule is CCCCN(CC)c1ccc(/C=C2\N=C(c3ccccn3)N=C2c2cc(Cl)ccc2C=O)c(C)c1. The first-order valence-electron chi connectivity index (χ1n) is 12.0. The third-order valence-corrected chi connectivity index (χ3v) is 6.29. The molecule has 2 aromatic carbocycles. The van der Waals surface area contributed by atoms with Gasteiger partial charge in [0.2, 0.25) is 0 Å². The molecule has 6 heteroatoms. The Hall–Kier alpha value is -3.57. The Morgan fingerprint density at radius 2 is 1.83 bits per heavy atom. The number of carbonyl (C=O) groups is 1. The Morgan fingerprint density at radius 1 is 1.00 bits per heavy atom. The van der Waals surface area contributed by atoms with Gasteiger partial charge in [0.05, 0.1) is 11.4 Å². The van der Waals surface area contributed by atoms with Crippen molar-refractivity contribution in [3.8, 4) is 0 Å². The molecular weight excluding hydrogens is 456 g/mol. The summed E-state index contributed by atoms with van der Waals surface area (Å²) in [6.07, 6.45) is 6.89. The van der Waals surface area contributed by atoms with Crippen LogP contribution in [0.25, 0.3) is 6.08 Å². The van der Waals surface area contributed by atoms with E-state index in [4.69, 9.17) is 21.6 Å². The number of rotatable bonds is 9. The number of benzene rings is 2. The molecule has 0 fully saturated rings. The summed E-state index contributed by atoms with van der Waals surface area (Å²) < 4.78 is 0. The van der Waals surface area contributed by atoms with Crippen molar-refractivity contribution < 1.29 is 4.79 Å². The van der Waals surface area contributed by atoms with Gasteiger partial charge in [-0.3, -0.25) is 9.78 Å². The minimum atomic E-state index is 0.509. The van der Waals surface area contributed by atoms with Crippen molar-refractivity contribution in [2.45, 2.75) is 33.6 Å². The Morgan fingerprint density at radius 3 is 2.51 bits per heavy atom. The van der Waals surface area contributed by atoms with Gasteiger partial charge >= 0.3 is 0 Å². The van der Waals surface area contributed by atoms with Crippen LogP contribution < -0.4 is 4.90 Å². The van der Waals surface area contributed by atoms with E-state index in [2.05, 4.69) is 48.9 Å². The van der Waals surface area contributed by atoms with Crippen LogP contribution in [0.5, 0.6) is 0 Å². The highest BCUT2D eigenvalue weighted by Crippen LogP contribution is 2.28. The third kappa shape index (κ3) is 5.57. The van der Waals surface area contributed by atoms with Gasteiger partial charge in [-0.1, -0.05) is 37.1 Å². The molecule has 0 saturated heterocycles. The van der Waals surface area contributed by atoms with Gasteiger partial charge in [-0.05, 0) is 79.9 Å². The number of unbranched alkanes of at least 4 members (excludes halogenated alkanes) is 1. The predicted octanol–water partition coefficient (Wildman–Crippen LogP) is 6.77. The summed E-state index contributed by atoms with van der Waals surface area (Å²) in [6, 6.07) is 17.3. The maximum atomic E-state index is 11.8. The fourth-order valence-corrected chi connectivity index (χ4v) is 4.26. The average molecular weight is 485 g/mol. The Bertz CT molecular complexity index is 1310. The van der Waals surface area contributed by atoms with E-state index in [0.717, 1.165) is 30.5 Å². The van der Waals surface area contributed by atoms with Gasteiger partial charge in [0.25, 0.3) is 0 Å². The lowest BCUT2D eigenvalue weighted by molar-refractivity contribution is 0.112. The molecule has 1 aliphatic heterocycles. The van der Waals surface area contributed by atoms with Gasteiger partial charge in [-0.25, -0.2) is 9.98 Å². The molecule has 1 aliphatic rings. The summed E-state index contributed by atoms with van der Waals surface area (Å²) >= 11 is 6.29. The number of hydrogen-bond acceptors (Lipinski definition) is 5. The summed E-state index contributed by atoms with van der Waals surface area (Å²) in [5.74, 6) is 0.509. The van der Waals surface area contributed by atoms with Gasteiger partial charge in [0.1, 0.15) is 5.69 Å². The Balaban J connectivity index is 1.78. The normalized spacial score (nSPS) is 14.1. The van der Waals surface area contributed by atoms with Gasteiger partial charge in [0.15, 0.2) is 12.1 Å². The molecular formula is C29H29ClN4O. The highest BCUT2D eigenvalue weighted by molar-refractivity contribution is 6.32. The van der Waals surface area contributed by atoms with E-state index in [1.165, 1.54) is 18.5 Å². The number of amidine groups is 1. The summed E-state index contributed by atoms with van der Waals surface area (Å²) in [5, 5.41) is 0.534. The first-order chi connectivity index (χ1) is 17.0. The number of carbonyl (C=O) groups excluding carboxylic acids is 1. The molecule has 0 radical (unpaired) electrons. The van der Waals surface area contributed by atoms with Crippen LogP contribution in [0.1, 0.15) is 59.4 Å². The maximum Gasteiger partial charge on any atom is 0.179 e. The predicted molar refractivity (Wildman–Crippen MR) is 146 cm³/mol. The zero-order chi connectivity index (χ0) is 24.8. The molecule has 178 valence electrons. The fraction of sp³-hybridized carbons (Fsp3) is 0.241. The number of allylic oxidation sites excluding steroid dienone is 1. The van der Waals surface area contributed by atoms with Crippen molar-refractivity contribution in [3.63, 3.8) is 0 Å². The van der Waals surface area contributed by atoms with Crippen molar-refractivity contribution in [1.29, 1.82) is 0 Å². The molecule has 0 atom stereocenters. The molecule has 4 rings (SSSR count). The number of aryl methyl sites for hydroxylation is 1. The Labute approximate surface area is 211 Å². The lowest BCUT2D eigenvalue weighted by Crippen LogP contribution is -2.23. The number of halogens is 1. The van der Waals surface area contributed by atoms with Gasteiger partial charge in [-0.2, -0.15) is 0 Å². The lowest BCUT2D eigenvalue weighted by atomic mass is 9.99. The number of aliphatic imine (C=N–C) groups is 2. The summed E-state index contributed by atoms with van der Waals surface area (Å²) in [4.78, 5) is 28.2. The van der Waals surface area contributed by atoms with Crippen molar-refractivity contribution in [1.82, 2.24) is 4.98 Å². The van der Waals surface area contributed by atoms with Gasteiger partial charge in [0, 0.05) is 41.1 Å². The monoisotopic (exact) mass is 484 g/mol. The number of nitrogens with zero attached hydrogens (tertiary/aromatic N) is 4. The van der Waals surface area contributed by atoms with E-state index < -0.39 is 0 Å². The number of pyridine rings is 1. The van der Waals surface area contributed by atoms with Crippen LogP contribution in [0, 0.1) is 6.92 Å². The Kier molecular flexibility index (Phi) is 7.88. The molecule has 1 aromatic heterocycles. The molecule has 0 bridgehead atoms. The van der Waals surface area contributed by atoms with E-state index in [9.17, 15) is 4.79 Å². The summed E-state index contributed by atoms with van der Waals surface area (Å²) in [6.45, 7) is 8.52. The smallest absolute Gasteiger partial charge is 0.179 e. The lowest BCUT2D eigenvalue weighted by Gasteiger charge is -2.23. The molecule has 3 aromatic rings. The number of hydrogen-bond donors (Lipinski definition) is 0. The molecule has 0 spiro atoms. The van der Waals surface area contributed by atoms with Crippen LogP contribution in [-0.4, -0.2) is 35.9 Å². The van der Waals surface area contributed by atoms with Crippen molar-refractivity contribution in [2.75, 3.05) is 18.0 Å². The number of anilines is 1. The van der Waals surface area contributed by atoms with Crippen LogP contribution in [0.2, 0.25) is 5.02 Å². The second-order valence-corrected chi connectivity index (χ2v) is 8.90. The number of aldehydes is 1. The van der Waals surface area contributed by atoms with E-state index in [1.54, 1.807) is 24.4 Å². The topological polar surface area (TPSA) is 57.9 Å². The first kappa shape index (κ1) is 24.6. The second-order valence-electron chi connectivity index (χ2n) is 8.46. The van der Waals surface area contributed by atoms with Crippen molar-refractivity contribution in [2.24, 2.45) is 9.98 Å². The molecule has 0 saturated carbocycles. The second kappa shape index (κ2) is 11.2.